The van der Waals surface area contributed by atoms with Gasteiger partial charge in [0.1, 0.15) is 18.2 Å². The highest BCUT2D eigenvalue weighted by Gasteiger charge is 2.11. The largest absolute Gasteiger partial charge is 0.488 e. The van der Waals surface area contributed by atoms with Crippen molar-refractivity contribution in [2.75, 3.05) is 0 Å². The fourth-order valence-electron chi connectivity index (χ4n) is 1.94. The van der Waals surface area contributed by atoms with E-state index in [4.69, 9.17) is 4.74 Å². The molecule has 0 fully saturated rings. The first-order valence-corrected chi connectivity index (χ1v) is 7.12. The molecule has 4 heteroatoms. The molecule has 0 saturated carbocycles. The molecule has 2 nitrogen and oxygen atoms in total. The van der Waals surface area contributed by atoms with Crippen molar-refractivity contribution in [3.05, 3.63) is 63.4 Å². The van der Waals surface area contributed by atoms with Crippen LogP contribution >= 0.6 is 15.9 Å². The molecule has 0 aliphatic carbocycles. The Bertz CT molecular complexity index is 611. The van der Waals surface area contributed by atoms with Crippen LogP contribution in [0.3, 0.4) is 0 Å². The summed E-state index contributed by atoms with van der Waals surface area (Å²) in [5.41, 5.74) is 2.51. The van der Waals surface area contributed by atoms with Crippen LogP contribution in [-0.2, 0) is 6.61 Å². The van der Waals surface area contributed by atoms with Crippen molar-refractivity contribution in [1.29, 1.82) is 0 Å². The number of benzene rings is 2. The Hall–Kier alpha value is -1.39. The molecule has 0 aliphatic heterocycles. The van der Waals surface area contributed by atoms with E-state index in [2.05, 4.69) is 15.9 Å². The second-order valence-corrected chi connectivity index (χ2v) is 5.51. The number of halogens is 2. The number of hydrogen-bond donors (Lipinski definition) is 1. The van der Waals surface area contributed by atoms with Gasteiger partial charge in [-0.2, -0.15) is 0 Å². The van der Waals surface area contributed by atoms with Crippen molar-refractivity contribution in [3.8, 4) is 5.75 Å². The van der Waals surface area contributed by atoms with Crippen LogP contribution in [0.1, 0.15) is 29.7 Å². The molecule has 0 aliphatic rings. The van der Waals surface area contributed by atoms with Crippen LogP contribution in [-0.4, -0.2) is 5.11 Å². The van der Waals surface area contributed by atoms with Gasteiger partial charge >= 0.3 is 0 Å². The number of aliphatic hydroxyl groups excluding tert-OH is 1. The molecule has 2 rings (SSSR count). The lowest BCUT2D eigenvalue weighted by molar-refractivity contribution is 0.190. The molecule has 2 aromatic carbocycles. The maximum absolute atomic E-state index is 13.4. The van der Waals surface area contributed by atoms with Gasteiger partial charge in [0.05, 0.1) is 10.6 Å². The van der Waals surface area contributed by atoms with Crippen molar-refractivity contribution in [2.45, 2.75) is 26.6 Å². The normalized spacial score (nSPS) is 12.2. The Morgan fingerprint density at radius 1 is 1.30 bits per heavy atom. The van der Waals surface area contributed by atoms with Gasteiger partial charge < -0.3 is 9.84 Å². The van der Waals surface area contributed by atoms with Gasteiger partial charge in [0, 0.05) is 11.1 Å². The van der Waals surface area contributed by atoms with E-state index in [1.54, 1.807) is 19.1 Å². The summed E-state index contributed by atoms with van der Waals surface area (Å²) < 4.78 is 19.5. The number of aryl methyl sites for hydroxylation is 1. The van der Waals surface area contributed by atoms with Crippen LogP contribution in [0.5, 0.6) is 5.75 Å². The van der Waals surface area contributed by atoms with Gasteiger partial charge in [-0.3, -0.25) is 0 Å². The summed E-state index contributed by atoms with van der Waals surface area (Å²) in [6.45, 7) is 3.89. The Labute approximate surface area is 126 Å². The topological polar surface area (TPSA) is 29.5 Å². The number of ether oxygens (including phenoxy) is 1. The molecule has 0 unspecified atom stereocenters. The lowest BCUT2D eigenvalue weighted by atomic mass is 10.1. The van der Waals surface area contributed by atoms with E-state index in [9.17, 15) is 9.50 Å². The monoisotopic (exact) mass is 338 g/mol. The molecule has 0 heterocycles. The van der Waals surface area contributed by atoms with E-state index in [0.29, 0.717) is 10.2 Å². The predicted molar refractivity (Wildman–Crippen MR) is 80.2 cm³/mol. The summed E-state index contributed by atoms with van der Waals surface area (Å²) in [6, 6.07) is 10.5. The van der Waals surface area contributed by atoms with Crippen molar-refractivity contribution < 1.29 is 14.2 Å². The molecule has 0 spiro atoms. The zero-order valence-electron chi connectivity index (χ0n) is 11.4. The van der Waals surface area contributed by atoms with Crippen LogP contribution in [0.15, 0.2) is 40.9 Å². The lowest BCUT2D eigenvalue weighted by Gasteiger charge is -2.15. The van der Waals surface area contributed by atoms with E-state index < -0.39 is 6.10 Å². The van der Waals surface area contributed by atoms with E-state index in [0.717, 1.165) is 16.7 Å². The zero-order valence-corrected chi connectivity index (χ0v) is 12.9. The van der Waals surface area contributed by atoms with Gasteiger partial charge in [0.2, 0.25) is 0 Å². The highest BCUT2D eigenvalue weighted by Crippen LogP contribution is 2.28. The molecular weight excluding hydrogens is 323 g/mol. The first kappa shape index (κ1) is 15.0. The minimum absolute atomic E-state index is 0.237. The maximum atomic E-state index is 13.4. The van der Waals surface area contributed by atoms with Gasteiger partial charge in [-0.1, -0.05) is 23.8 Å². The minimum Gasteiger partial charge on any atom is -0.488 e. The fourth-order valence-corrected chi connectivity index (χ4v) is 2.32. The molecule has 0 aromatic heterocycles. The molecular formula is C16H16BrFO2. The Balaban J connectivity index is 2.21. The van der Waals surface area contributed by atoms with Crippen LogP contribution in [0.25, 0.3) is 0 Å². The molecule has 1 N–H and O–H groups in total. The highest BCUT2D eigenvalue weighted by atomic mass is 79.9. The van der Waals surface area contributed by atoms with Crippen LogP contribution in [0, 0.1) is 12.7 Å². The average molecular weight is 339 g/mol. The third-order valence-electron chi connectivity index (χ3n) is 3.03. The number of rotatable bonds is 4. The Morgan fingerprint density at radius 2 is 2.05 bits per heavy atom. The molecule has 0 saturated heterocycles. The maximum Gasteiger partial charge on any atom is 0.137 e. The predicted octanol–water partition coefficient (Wildman–Crippen LogP) is 4.53. The van der Waals surface area contributed by atoms with Crippen molar-refractivity contribution >= 4 is 15.9 Å². The minimum atomic E-state index is -0.610. The Kier molecular flexibility index (Phi) is 4.78. The summed E-state index contributed by atoms with van der Waals surface area (Å²) in [5.74, 6) is 0.299. The smallest absolute Gasteiger partial charge is 0.137 e. The summed E-state index contributed by atoms with van der Waals surface area (Å²) in [5, 5.41) is 9.78. The van der Waals surface area contributed by atoms with Crippen LogP contribution in [0.4, 0.5) is 4.39 Å². The van der Waals surface area contributed by atoms with Crippen molar-refractivity contribution in [2.24, 2.45) is 0 Å². The molecule has 20 heavy (non-hydrogen) atoms. The fraction of sp³-hybridized carbons (Fsp3) is 0.250. The second kappa shape index (κ2) is 6.37. The summed E-state index contributed by atoms with van der Waals surface area (Å²) in [6.07, 6.45) is -0.610. The third-order valence-corrected chi connectivity index (χ3v) is 3.92. The molecule has 0 radical (unpaired) electrons. The quantitative estimate of drug-likeness (QED) is 0.887. The molecule has 106 valence electrons. The van der Waals surface area contributed by atoms with Gasteiger partial charge in [0.15, 0.2) is 0 Å². The second-order valence-electron chi connectivity index (χ2n) is 4.72. The first-order chi connectivity index (χ1) is 9.49. The van der Waals surface area contributed by atoms with Gasteiger partial charge in [-0.25, -0.2) is 4.39 Å². The lowest BCUT2D eigenvalue weighted by Crippen LogP contribution is -2.02. The zero-order chi connectivity index (χ0) is 14.7. The summed E-state index contributed by atoms with van der Waals surface area (Å²) in [4.78, 5) is 0. The number of hydrogen-bond acceptors (Lipinski definition) is 2. The molecule has 0 bridgehead atoms. The highest BCUT2D eigenvalue weighted by molar-refractivity contribution is 9.10. The SMILES string of the molecule is Cc1ccc(OCc2cccc(F)c2Br)c([C@H](C)O)c1. The van der Waals surface area contributed by atoms with Gasteiger partial charge in [-0.15, -0.1) is 0 Å². The summed E-state index contributed by atoms with van der Waals surface area (Å²) in [7, 11) is 0. The number of aliphatic hydroxyl groups is 1. The average Bonchev–Trinajstić information content (AvgIpc) is 2.41. The van der Waals surface area contributed by atoms with E-state index in [1.807, 2.05) is 25.1 Å². The Morgan fingerprint density at radius 3 is 2.75 bits per heavy atom. The van der Waals surface area contributed by atoms with E-state index >= 15 is 0 Å². The standard InChI is InChI=1S/C16H16BrFO2/c1-10-6-7-15(13(8-10)11(2)19)20-9-12-4-3-5-14(18)16(12)17/h3-8,11,19H,9H2,1-2H3/t11-/m0/s1. The van der Waals surface area contributed by atoms with Crippen LogP contribution < -0.4 is 4.74 Å². The molecule has 1 atom stereocenters. The molecule has 2 aromatic rings. The van der Waals surface area contributed by atoms with Gasteiger partial charge in [-0.05, 0) is 48.0 Å². The van der Waals surface area contributed by atoms with Crippen LogP contribution in [0.2, 0.25) is 0 Å². The summed E-state index contributed by atoms with van der Waals surface area (Å²) >= 11 is 3.21. The van der Waals surface area contributed by atoms with E-state index in [-0.39, 0.29) is 12.4 Å². The first-order valence-electron chi connectivity index (χ1n) is 6.33. The van der Waals surface area contributed by atoms with E-state index in [1.165, 1.54) is 6.07 Å². The van der Waals surface area contributed by atoms with Crippen molar-refractivity contribution in [1.82, 2.24) is 0 Å². The third kappa shape index (κ3) is 3.38. The van der Waals surface area contributed by atoms with Gasteiger partial charge in [0.25, 0.3) is 0 Å². The van der Waals surface area contributed by atoms with Crippen molar-refractivity contribution in [3.63, 3.8) is 0 Å². The molecule has 0 amide bonds.